The number of thiophene rings is 1. The molecule has 0 saturated carbocycles. The van der Waals surface area contributed by atoms with E-state index in [9.17, 15) is 4.79 Å². The summed E-state index contributed by atoms with van der Waals surface area (Å²) >= 11 is 1.79. The van der Waals surface area contributed by atoms with E-state index in [0.717, 1.165) is 36.9 Å². The molecule has 1 N–H and O–H groups in total. The molecule has 1 aliphatic rings. The Morgan fingerprint density at radius 2 is 2.08 bits per heavy atom. The van der Waals surface area contributed by atoms with Crippen LogP contribution in [0.2, 0.25) is 0 Å². The van der Waals surface area contributed by atoms with Crippen molar-refractivity contribution in [3.8, 4) is 11.3 Å². The van der Waals surface area contributed by atoms with Gasteiger partial charge in [0.1, 0.15) is 0 Å². The van der Waals surface area contributed by atoms with Crippen LogP contribution < -0.4 is 5.32 Å². The van der Waals surface area contributed by atoms with Crippen LogP contribution >= 0.6 is 11.3 Å². The number of carbonyl (C=O) groups is 1. The molecule has 2 aromatic heterocycles. The minimum atomic E-state index is -0.0522. The number of amides is 1. The lowest BCUT2D eigenvalue weighted by atomic mass is 9.94. The van der Waals surface area contributed by atoms with Crippen molar-refractivity contribution in [2.24, 2.45) is 7.05 Å². The standard InChI is InChI=1S/C20H21N3OS/c1-23-19-15-11-13-25-17(15)10-9-16(19)18(22-23)20(24)21-12-5-8-14-6-3-2-4-7-14/h2-4,6-7,11,13H,5,8-10,12H2,1H3,(H,21,24). The van der Waals surface area contributed by atoms with Crippen molar-refractivity contribution in [3.05, 3.63) is 63.5 Å². The molecule has 0 saturated heterocycles. The van der Waals surface area contributed by atoms with E-state index >= 15 is 0 Å². The number of hydrogen-bond donors (Lipinski definition) is 1. The van der Waals surface area contributed by atoms with E-state index in [-0.39, 0.29) is 5.91 Å². The number of nitrogens with one attached hydrogen (secondary N) is 1. The van der Waals surface area contributed by atoms with Crippen molar-refractivity contribution in [1.82, 2.24) is 15.1 Å². The Labute approximate surface area is 151 Å². The van der Waals surface area contributed by atoms with Gasteiger partial charge in [-0.3, -0.25) is 9.48 Å². The minimum Gasteiger partial charge on any atom is -0.351 e. The van der Waals surface area contributed by atoms with Gasteiger partial charge in [-0.15, -0.1) is 11.3 Å². The molecule has 0 radical (unpaired) electrons. The Kier molecular flexibility index (Phi) is 4.40. The van der Waals surface area contributed by atoms with Crippen LogP contribution in [0.5, 0.6) is 0 Å². The number of aryl methyl sites for hydroxylation is 3. The zero-order valence-electron chi connectivity index (χ0n) is 14.3. The lowest BCUT2D eigenvalue weighted by Gasteiger charge is -2.13. The van der Waals surface area contributed by atoms with Gasteiger partial charge in [-0.05, 0) is 42.7 Å². The van der Waals surface area contributed by atoms with Gasteiger partial charge in [-0.1, -0.05) is 30.3 Å². The molecule has 0 bridgehead atoms. The topological polar surface area (TPSA) is 46.9 Å². The van der Waals surface area contributed by atoms with E-state index in [0.29, 0.717) is 12.2 Å². The fourth-order valence-electron chi connectivity index (χ4n) is 3.53. The van der Waals surface area contributed by atoms with Gasteiger partial charge in [0, 0.05) is 29.6 Å². The predicted molar refractivity (Wildman–Crippen MR) is 101 cm³/mol. The molecule has 0 aliphatic heterocycles. The summed E-state index contributed by atoms with van der Waals surface area (Å²) in [5, 5.41) is 9.68. The predicted octanol–water partition coefficient (Wildman–Crippen LogP) is 3.61. The number of hydrogen-bond acceptors (Lipinski definition) is 3. The molecule has 0 spiro atoms. The summed E-state index contributed by atoms with van der Waals surface area (Å²) in [4.78, 5) is 14.0. The zero-order valence-corrected chi connectivity index (χ0v) is 15.1. The van der Waals surface area contributed by atoms with Crippen LogP contribution in [0, 0.1) is 0 Å². The van der Waals surface area contributed by atoms with Crippen molar-refractivity contribution in [2.45, 2.75) is 25.7 Å². The van der Waals surface area contributed by atoms with E-state index in [2.05, 4.69) is 34.0 Å². The summed E-state index contributed by atoms with van der Waals surface area (Å²) in [5.41, 5.74) is 5.33. The van der Waals surface area contributed by atoms with E-state index < -0.39 is 0 Å². The van der Waals surface area contributed by atoms with Crippen LogP contribution in [0.4, 0.5) is 0 Å². The summed E-state index contributed by atoms with van der Waals surface area (Å²) in [7, 11) is 1.93. The fourth-order valence-corrected chi connectivity index (χ4v) is 4.41. The molecular formula is C20H21N3OS. The molecule has 3 aromatic rings. The third-order valence-corrected chi connectivity index (χ3v) is 5.71. The molecule has 2 heterocycles. The van der Waals surface area contributed by atoms with E-state index in [4.69, 9.17) is 0 Å². The average molecular weight is 351 g/mol. The third kappa shape index (κ3) is 3.12. The fraction of sp³-hybridized carbons (Fsp3) is 0.300. The van der Waals surface area contributed by atoms with Crippen molar-refractivity contribution >= 4 is 17.2 Å². The average Bonchev–Trinajstić information content (AvgIpc) is 3.23. The van der Waals surface area contributed by atoms with Crippen molar-refractivity contribution < 1.29 is 4.79 Å². The third-order valence-electron chi connectivity index (χ3n) is 4.73. The first kappa shape index (κ1) is 16.1. The van der Waals surface area contributed by atoms with Crippen LogP contribution in [0.25, 0.3) is 11.3 Å². The Morgan fingerprint density at radius 3 is 2.92 bits per heavy atom. The summed E-state index contributed by atoms with van der Waals surface area (Å²) < 4.78 is 1.86. The minimum absolute atomic E-state index is 0.0522. The van der Waals surface area contributed by atoms with Gasteiger partial charge in [0.15, 0.2) is 5.69 Å². The summed E-state index contributed by atoms with van der Waals surface area (Å²) in [6, 6.07) is 12.5. The van der Waals surface area contributed by atoms with Gasteiger partial charge >= 0.3 is 0 Å². The molecule has 128 valence electrons. The highest BCUT2D eigenvalue weighted by atomic mass is 32.1. The van der Waals surface area contributed by atoms with Crippen LogP contribution in [-0.2, 0) is 26.3 Å². The second-order valence-corrected chi connectivity index (χ2v) is 7.40. The van der Waals surface area contributed by atoms with E-state index in [1.165, 1.54) is 16.0 Å². The first-order valence-electron chi connectivity index (χ1n) is 8.69. The molecule has 5 heteroatoms. The highest BCUT2D eigenvalue weighted by molar-refractivity contribution is 7.10. The largest absolute Gasteiger partial charge is 0.351 e. The molecule has 1 aliphatic carbocycles. The first-order valence-corrected chi connectivity index (χ1v) is 9.56. The molecule has 0 atom stereocenters. The van der Waals surface area contributed by atoms with Gasteiger partial charge in [0.25, 0.3) is 5.91 Å². The molecule has 1 amide bonds. The lowest BCUT2D eigenvalue weighted by Crippen LogP contribution is -2.26. The second kappa shape index (κ2) is 6.84. The maximum absolute atomic E-state index is 12.6. The summed E-state index contributed by atoms with van der Waals surface area (Å²) in [6.45, 7) is 0.669. The van der Waals surface area contributed by atoms with Crippen molar-refractivity contribution in [2.75, 3.05) is 6.54 Å². The van der Waals surface area contributed by atoms with Crippen LogP contribution in [0.15, 0.2) is 41.8 Å². The lowest BCUT2D eigenvalue weighted by molar-refractivity contribution is 0.0946. The maximum Gasteiger partial charge on any atom is 0.272 e. The number of nitrogens with zero attached hydrogens (tertiary/aromatic N) is 2. The molecule has 25 heavy (non-hydrogen) atoms. The van der Waals surface area contributed by atoms with Crippen molar-refractivity contribution in [3.63, 3.8) is 0 Å². The van der Waals surface area contributed by atoms with Crippen LogP contribution in [0.1, 0.15) is 32.9 Å². The second-order valence-electron chi connectivity index (χ2n) is 6.40. The van der Waals surface area contributed by atoms with E-state index in [1.54, 1.807) is 11.3 Å². The van der Waals surface area contributed by atoms with Crippen LogP contribution in [0.3, 0.4) is 0 Å². The molecule has 0 unspecified atom stereocenters. The molecule has 0 fully saturated rings. The molecular weight excluding hydrogens is 330 g/mol. The van der Waals surface area contributed by atoms with Crippen LogP contribution in [-0.4, -0.2) is 22.2 Å². The van der Waals surface area contributed by atoms with Gasteiger partial charge in [0.2, 0.25) is 0 Å². The monoisotopic (exact) mass is 351 g/mol. The summed E-state index contributed by atoms with van der Waals surface area (Å²) in [5.74, 6) is -0.0522. The van der Waals surface area contributed by atoms with Gasteiger partial charge in [0.05, 0.1) is 5.69 Å². The Morgan fingerprint density at radius 1 is 1.24 bits per heavy atom. The molecule has 4 nitrogen and oxygen atoms in total. The van der Waals surface area contributed by atoms with Gasteiger partial charge in [-0.2, -0.15) is 5.10 Å². The van der Waals surface area contributed by atoms with E-state index in [1.807, 2.05) is 29.9 Å². The molecule has 1 aromatic carbocycles. The van der Waals surface area contributed by atoms with Gasteiger partial charge in [-0.25, -0.2) is 0 Å². The normalized spacial score (nSPS) is 12.5. The Hall–Kier alpha value is -2.40. The SMILES string of the molecule is Cn1nc(C(=O)NCCCc2ccccc2)c2c1-c1ccsc1CC2. The number of fused-ring (bicyclic) bond motifs is 3. The number of carbonyl (C=O) groups excluding carboxylic acids is 1. The number of rotatable bonds is 5. The number of aromatic nitrogens is 2. The zero-order chi connectivity index (χ0) is 17.2. The maximum atomic E-state index is 12.6. The highest BCUT2D eigenvalue weighted by Crippen LogP contribution is 2.37. The first-order chi connectivity index (χ1) is 12.2. The quantitative estimate of drug-likeness (QED) is 0.714. The Balaban J connectivity index is 1.43. The highest BCUT2D eigenvalue weighted by Gasteiger charge is 2.27. The number of benzene rings is 1. The Bertz CT molecular complexity index is 895. The smallest absolute Gasteiger partial charge is 0.272 e. The summed E-state index contributed by atoms with van der Waals surface area (Å²) in [6.07, 6.45) is 3.79. The van der Waals surface area contributed by atoms with Crippen molar-refractivity contribution in [1.29, 1.82) is 0 Å². The van der Waals surface area contributed by atoms with Gasteiger partial charge < -0.3 is 5.32 Å². The molecule has 4 rings (SSSR count).